The second kappa shape index (κ2) is 20.4. The van der Waals surface area contributed by atoms with Gasteiger partial charge in [0.1, 0.15) is 78.7 Å². The number of hydrogen-bond donors (Lipinski definition) is 7. The maximum atomic E-state index is 11.9. The highest BCUT2D eigenvalue weighted by Crippen LogP contribution is 2.41. The molecule has 4 saturated heterocycles. The standard InChI is InChI=1S/C47H58O15SSi/c1-47(2,3)64(29-20-12-6-13-21-29,30-22-14-7-15-23-30)56-26-33-42(36(51)39(54)46(59-33)63-28-18-10-5-11-19-28)62-44-37(52)34(49)40(31(24-48)57-44)61-45-38(53)35(50)41-32(58-45)25-55-43(60-41)27-16-8-4-9-17-27/h4-23,31-46,48-54H,24-26H2,1-3H3/t31-,32-,33-,34-,35-,36-,37-,38-,39-,40-,41-,42-,43-,44-,45-,46+/m1/s1. The molecule has 0 spiro atoms. The summed E-state index contributed by atoms with van der Waals surface area (Å²) in [5.74, 6) is 0. The van der Waals surface area contributed by atoms with E-state index >= 15 is 0 Å². The topological polar surface area (TPSA) is 215 Å². The van der Waals surface area contributed by atoms with Crippen LogP contribution < -0.4 is 10.4 Å². The van der Waals surface area contributed by atoms with E-state index in [1.54, 1.807) is 0 Å². The lowest BCUT2D eigenvalue weighted by atomic mass is 9.96. The molecule has 4 aliphatic heterocycles. The Morgan fingerprint density at radius 2 is 1.11 bits per heavy atom. The third-order valence-corrected chi connectivity index (χ3v) is 18.5. The molecule has 15 nitrogen and oxygen atoms in total. The minimum atomic E-state index is -3.19. The predicted octanol–water partition coefficient (Wildman–Crippen LogP) is 1.57. The molecule has 4 aliphatic rings. The SMILES string of the molecule is CC(C)(C)[Si](OC[C@H]1O[C@@H](Sc2ccccc2)[C@H](O)[C@@H](O)[C@@H]1O[C@H]1O[C@H](CO)[C@@H](O[C@H]2O[C@@H]3CO[C@@H](c4ccccc4)O[C@H]3[C@H](O)[C@H]2O)[C@H](O)[C@H]1O)(c1ccccc1)c1ccccc1. The molecule has 0 bridgehead atoms. The van der Waals surface area contributed by atoms with Crippen LogP contribution in [0.4, 0.5) is 0 Å². The van der Waals surface area contributed by atoms with Crippen molar-refractivity contribution in [2.24, 2.45) is 0 Å². The fourth-order valence-electron chi connectivity index (χ4n) is 9.02. The van der Waals surface area contributed by atoms with Gasteiger partial charge in [-0.05, 0) is 27.5 Å². The monoisotopic (exact) mass is 922 g/mol. The second-order valence-corrected chi connectivity index (χ2v) is 23.0. The van der Waals surface area contributed by atoms with E-state index in [9.17, 15) is 35.7 Å². The van der Waals surface area contributed by atoms with Crippen molar-refractivity contribution < 1.29 is 73.3 Å². The van der Waals surface area contributed by atoms with Gasteiger partial charge < -0.3 is 73.3 Å². The van der Waals surface area contributed by atoms with Crippen LogP contribution in [0.25, 0.3) is 0 Å². The summed E-state index contributed by atoms with van der Waals surface area (Å²) in [7, 11) is -3.19. The van der Waals surface area contributed by atoms with Gasteiger partial charge in [-0.1, -0.05) is 142 Å². The van der Waals surface area contributed by atoms with Crippen molar-refractivity contribution in [1.82, 2.24) is 0 Å². The first-order valence-corrected chi connectivity index (χ1v) is 24.3. The lowest BCUT2D eigenvalue weighted by molar-refractivity contribution is -0.390. The molecule has 0 unspecified atom stereocenters. The average molecular weight is 923 g/mol. The highest BCUT2D eigenvalue weighted by Gasteiger charge is 2.56. The van der Waals surface area contributed by atoms with Crippen LogP contribution in [0.2, 0.25) is 5.04 Å². The number of hydrogen-bond acceptors (Lipinski definition) is 16. The molecule has 4 heterocycles. The predicted molar refractivity (Wildman–Crippen MR) is 235 cm³/mol. The fourth-order valence-corrected chi connectivity index (χ4v) is 14.7. The molecule has 17 heteroatoms. The van der Waals surface area contributed by atoms with Gasteiger partial charge in [0.25, 0.3) is 8.32 Å². The highest BCUT2D eigenvalue weighted by atomic mass is 32.2. The molecule has 4 aromatic carbocycles. The zero-order valence-corrected chi connectivity index (χ0v) is 37.5. The van der Waals surface area contributed by atoms with Crippen molar-refractivity contribution in [2.45, 2.75) is 128 Å². The van der Waals surface area contributed by atoms with Gasteiger partial charge in [-0.25, -0.2) is 0 Å². The summed E-state index contributed by atoms with van der Waals surface area (Å²) < 4.78 is 50.0. The van der Waals surface area contributed by atoms with E-state index in [0.717, 1.165) is 15.3 Å². The molecule has 8 rings (SSSR count). The largest absolute Gasteiger partial charge is 0.405 e. The van der Waals surface area contributed by atoms with Gasteiger partial charge in [0.2, 0.25) is 0 Å². The quantitative estimate of drug-likeness (QED) is 0.0949. The van der Waals surface area contributed by atoms with E-state index < -0.39 is 118 Å². The third kappa shape index (κ3) is 9.65. The van der Waals surface area contributed by atoms with Crippen LogP contribution in [0.15, 0.2) is 126 Å². The Labute approximate surface area is 377 Å². The lowest BCUT2D eigenvalue weighted by Gasteiger charge is -2.50. The van der Waals surface area contributed by atoms with Gasteiger partial charge in [0, 0.05) is 10.5 Å². The molecular formula is C47H58O15SSi. The van der Waals surface area contributed by atoms with Crippen LogP contribution in [-0.2, 0) is 37.6 Å². The highest BCUT2D eigenvalue weighted by molar-refractivity contribution is 7.99. The molecule has 4 fully saturated rings. The lowest BCUT2D eigenvalue weighted by Crippen LogP contribution is -2.69. The van der Waals surface area contributed by atoms with Crippen LogP contribution in [0.5, 0.6) is 0 Å². The zero-order valence-electron chi connectivity index (χ0n) is 35.7. The van der Waals surface area contributed by atoms with Crippen LogP contribution in [0, 0.1) is 0 Å². The smallest absolute Gasteiger partial charge is 0.261 e. The van der Waals surface area contributed by atoms with Crippen molar-refractivity contribution in [1.29, 1.82) is 0 Å². The number of aliphatic hydroxyl groups excluding tert-OH is 7. The van der Waals surface area contributed by atoms with Gasteiger partial charge in [-0.2, -0.15) is 0 Å². The minimum absolute atomic E-state index is 0.0250. The van der Waals surface area contributed by atoms with Crippen molar-refractivity contribution in [3.8, 4) is 0 Å². The van der Waals surface area contributed by atoms with Gasteiger partial charge in [-0.15, -0.1) is 0 Å². The summed E-state index contributed by atoms with van der Waals surface area (Å²) in [5, 5.41) is 81.2. The maximum Gasteiger partial charge on any atom is 0.261 e. The van der Waals surface area contributed by atoms with Crippen LogP contribution in [-0.4, -0.2) is 155 Å². The van der Waals surface area contributed by atoms with Crippen molar-refractivity contribution in [2.75, 3.05) is 19.8 Å². The van der Waals surface area contributed by atoms with Crippen molar-refractivity contribution >= 4 is 30.5 Å². The Morgan fingerprint density at radius 1 is 0.594 bits per heavy atom. The molecule has 64 heavy (non-hydrogen) atoms. The number of rotatable bonds is 13. The molecule has 16 atom stereocenters. The summed E-state index contributed by atoms with van der Waals surface area (Å²) >= 11 is 1.22. The third-order valence-electron chi connectivity index (χ3n) is 12.3. The van der Waals surface area contributed by atoms with Crippen LogP contribution in [0.3, 0.4) is 0 Å². The van der Waals surface area contributed by atoms with Gasteiger partial charge in [0.05, 0.1) is 19.8 Å². The molecule has 0 amide bonds. The summed E-state index contributed by atoms with van der Waals surface area (Å²) in [4.78, 5) is 0.783. The first-order valence-electron chi connectivity index (χ1n) is 21.6. The van der Waals surface area contributed by atoms with Crippen molar-refractivity contribution in [3.63, 3.8) is 0 Å². The molecule has 7 N–H and O–H groups in total. The van der Waals surface area contributed by atoms with Crippen LogP contribution in [0.1, 0.15) is 32.6 Å². The minimum Gasteiger partial charge on any atom is -0.405 e. The van der Waals surface area contributed by atoms with E-state index in [1.165, 1.54) is 11.8 Å². The summed E-state index contributed by atoms with van der Waals surface area (Å²) in [6.07, 6.45) is -21.3. The van der Waals surface area contributed by atoms with Crippen molar-refractivity contribution in [3.05, 3.63) is 127 Å². The van der Waals surface area contributed by atoms with Crippen LogP contribution >= 0.6 is 11.8 Å². The maximum absolute atomic E-state index is 11.9. The Morgan fingerprint density at radius 3 is 1.69 bits per heavy atom. The van der Waals surface area contributed by atoms with Gasteiger partial charge >= 0.3 is 0 Å². The Hall–Kier alpha value is -3.15. The van der Waals surface area contributed by atoms with E-state index in [1.807, 2.05) is 121 Å². The molecule has 0 aromatic heterocycles. The summed E-state index contributed by atoms with van der Waals surface area (Å²) in [6.45, 7) is 5.46. The molecular weight excluding hydrogens is 865 g/mol. The molecule has 4 aromatic rings. The number of thioether (sulfide) groups is 1. The zero-order chi connectivity index (χ0) is 45.2. The number of aliphatic hydroxyl groups is 7. The first kappa shape index (κ1) is 47.3. The van der Waals surface area contributed by atoms with E-state index in [4.69, 9.17) is 37.6 Å². The second-order valence-electron chi connectivity index (χ2n) is 17.5. The fraction of sp³-hybridized carbons (Fsp3) is 0.489. The summed E-state index contributed by atoms with van der Waals surface area (Å²) in [5.41, 5.74) is -0.261. The Balaban J connectivity index is 1.02. The Bertz CT molecular complexity index is 2010. The van der Waals surface area contributed by atoms with Gasteiger partial charge in [-0.3, -0.25) is 0 Å². The average Bonchev–Trinajstić information content (AvgIpc) is 3.31. The van der Waals surface area contributed by atoms with E-state index in [0.29, 0.717) is 5.56 Å². The molecule has 0 saturated carbocycles. The normalized spacial score (nSPS) is 36.0. The molecule has 0 aliphatic carbocycles. The molecule has 0 radical (unpaired) electrons. The summed E-state index contributed by atoms with van der Waals surface area (Å²) in [6, 6.07) is 38.3. The molecule has 346 valence electrons. The Kier molecular flexibility index (Phi) is 15.1. The van der Waals surface area contributed by atoms with E-state index in [-0.39, 0.29) is 13.2 Å². The van der Waals surface area contributed by atoms with E-state index in [2.05, 4.69) is 20.8 Å². The first-order chi connectivity index (χ1) is 30.8. The van der Waals surface area contributed by atoms with Gasteiger partial charge in [0.15, 0.2) is 18.9 Å². The number of ether oxygens (including phenoxy) is 7. The number of benzene rings is 4. The number of fused-ring (bicyclic) bond motifs is 1.